The lowest BCUT2D eigenvalue weighted by molar-refractivity contribution is 0.276. The molecule has 0 amide bonds. The van der Waals surface area contributed by atoms with E-state index in [-0.39, 0.29) is 6.61 Å². The van der Waals surface area contributed by atoms with Gasteiger partial charge in [-0.3, -0.25) is 9.38 Å². The fourth-order valence-electron chi connectivity index (χ4n) is 1.01. The molecule has 0 spiro atoms. The Hall–Kier alpha value is -1.42. The van der Waals surface area contributed by atoms with Crippen LogP contribution in [0.2, 0.25) is 0 Å². The second kappa shape index (κ2) is 2.32. The predicted octanol–water partition coefficient (Wildman–Crippen LogP) is 0.222. The number of hydrogen-bond donors (Lipinski definition) is 1. The summed E-state index contributed by atoms with van der Waals surface area (Å²) >= 11 is 0. The molecule has 0 bridgehead atoms. The van der Waals surface area contributed by atoms with Crippen LogP contribution in [0.5, 0.6) is 0 Å². The summed E-state index contributed by atoms with van der Waals surface area (Å²) in [6.07, 6.45) is 6.72. The van der Waals surface area contributed by atoms with E-state index in [0.717, 1.165) is 11.3 Å². The second-order valence-electron chi connectivity index (χ2n) is 2.21. The van der Waals surface area contributed by atoms with Gasteiger partial charge in [0, 0.05) is 12.4 Å². The molecule has 0 radical (unpaired) electrons. The van der Waals surface area contributed by atoms with Gasteiger partial charge in [-0.15, -0.1) is 0 Å². The Kier molecular flexibility index (Phi) is 1.33. The summed E-state index contributed by atoms with van der Waals surface area (Å²) in [5.41, 5.74) is 1.54. The first-order valence-corrected chi connectivity index (χ1v) is 3.28. The Balaban J connectivity index is 2.76. The first-order chi connectivity index (χ1) is 5.42. The summed E-state index contributed by atoms with van der Waals surface area (Å²) in [7, 11) is 0. The summed E-state index contributed by atoms with van der Waals surface area (Å²) in [6.45, 7) is 0.00514. The van der Waals surface area contributed by atoms with E-state index in [1.807, 2.05) is 0 Å². The Morgan fingerprint density at radius 3 is 3.18 bits per heavy atom. The lowest BCUT2D eigenvalue weighted by Crippen LogP contribution is -1.91. The maximum absolute atomic E-state index is 8.84. The normalized spacial score (nSPS) is 10.6. The number of imidazole rings is 1. The van der Waals surface area contributed by atoms with Gasteiger partial charge in [-0.25, -0.2) is 4.98 Å². The highest BCUT2D eigenvalue weighted by Crippen LogP contribution is 2.03. The van der Waals surface area contributed by atoms with E-state index in [2.05, 4.69) is 9.97 Å². The molecule has 4 heteroatoms. The van der Waals surface area contributed by atoms with E-state index in [1.165, 1.54) is 0 Å². The lowest BCUT2D eigenvalue weighted by atomic mass is 10.5. The molecule has 2 aromatic heterocycles. The zero-order valence-electron chi connectivity index (χ0n) is 5.81. The van der Waals surface area contributed by atoms with Crippen molar-refractivity contribution in [2.45, 2.75) is 6.61 Å². The minimum Gasteiger partial charge on any atom is -0.390 e. The van der Waals surface area contributed by atoms with Gasteiger partial charge < -0.3 is 5.11 Å². The molecule has 0 atom stereocenters. The molecule has 0 aliphatic carbocycles. The summed E-state index contributed by atoms with van der Waals surface area (Å²) < 4.78 is 1.80. The van der Waals surface area contributed by atoms with Gasteiger partial charge in [0.15, 0.2) is 5.65 Å². The monoisotopic (exact) mass is 149 g/mol. The van der Waals surface area contributed by atoms with Crippen LogP contribution < -0.4 is 0 Å². The molecule has 0 aromatic carbocycles. The number of nitrogens with zero attached hydrogens (tertiary/aromatic N) is 3. The van der Waals surface area contributed by atoms with Crippen LogP contribution in [-0.4, -0.2) is 19.5 Å². The molecule has 2 heterocycles. The maximum Gasteiger partial charge on any atom is 0.155 e. The van der Waals surface area contributed by atoms with Crippen molar-refractivity contribution in [1.82, 2.24) is 14.4 Å². The number of hydrogen-bond acceptors (Lipinski definition) is 3. The van der Waals surface area contributed by atoms with E-state index in [4.69, 9.17) is 5.11 Å². The molecule has 56 valence electrons. The van der Waals surface area contributed by atoms with Gasteiger partial charge >= 0.3 is 0 Å². The smallest absolute Gasteiger partial charge is 0.155 e. The summed E-state index contributed by atoms with van der Waals surface area (Å²) in [5, 5.41) is 8.84. The molecule has 1 N–H and O–H groups in total. The van der Waals surface area contributed by atoms with Crippen molar-refractivity contribution in [2.24, 2.45) is 0 Å². The Morgan fingerprint density at radius 1 is 1.45 bits per heavy atom. The third-order valence-corrected chi connectivity index (χ3v) is 1.56. The van der Waals surface area contributed by atoms with Crippen LogP contribution in [0.3, 0.4) is 0 Å². The van der Waals surface area contributed by atoms with Crippen LogP contribution in [-0.2, 0) is 6.61 Å². The van der Waals surface area contributed by atoms with E-state index in [0.29, 0.717) is 0 Å². The van der Waals surface area contributed by atoms with Crippen LogP contribution in [0.4, 0.5) is 0 Å². The largest absolute Gasteiger partial charge is 0.390 e. The van der Waals surface area contributed by atoms with Crippen LogP contribution in [0.25, 0.3) is 5.65 Å². The lowest BCUT2D eigenvalue weighted by Gasteiger charge is -1.94. The van der Waals surface area contributed by atoms with Crippen molar-refractivity contribution in [3.05, 3.63) is 30.5 Å². The molecule has 0 saturated carbocycles. The second-order valence-corrected chi connectivity index (χ2v) is 2.21. The first kappa shape index (κ1) is 6.30. The summed E-state index contributed by atoms with van der Waals surface area (Å²) in [5.74, 6) is 0. The van der Waals surface area contributed by atoms with Gasteiger partial charge in [0.25, 0.3) is 0 Å². The van der Waals surface area contributed by atoms with Crippen molar-refractivity contribution in [1.29, 1.82) is 0 Å². The molecular weight excluding hydrogens is 142 g/mol. The molecule has 0 fully saturated rings. The van der Waals surface area contributed by atoms with Crippen molar-refractivity contribution >= 4 is 5.65 Å². The molecule has 0 aliphatic rings. The Bertz CT molecular complexity index is 368. The van der Waals surface area contributed by atoms with Crippen molar-refractivity contribution in [3.63, 3.8) is 0 Å². The molecule has 0 aliphatic heterocycles. The van der Waals surface area contributed by atoms with Gasteiger partial charge in [-0.1, -0.05) is 0 Å². The van der Waals surface area contributed by atoms with E-state index < -0.39 is 0 Å². The number of fused-ring (bicyclic) bond motifs is 1. The van der Waals surface area contributed by atoms with Crippen LogP contribution in [0, 0.1) is 0 Å². The zero-order chi connectivity index (χ0) is 7.68. The number of aliphatic hydroxyl groups excluding tert-OH is 1. The van der Waals surface area contributed by atoms with Crippen LogP contribution in [0.1, 0.15) is 5.69 Å². The molecule has 2 rings (SSSR count). The Morgan fingerprint density at radius 2 is 2.36 bits per heavy atom. The Labute approximate surface area is 63.1 Å². The molecule has 2 aromatic rings. The maximum atomic E-state index is 8.84. The highest BCUT2D eigenvalue weighted by Gasteiger charge is 1.98. The van der Waals surface area contributed by atoms with Gasteiger partial charge in [-0.2, -0.15) is 0 Å². The van der Waals surface area contributed by atoms with E-state index in [9.17, 15) is 0 Å². The minimum absolute atomic E-state index is 0.00514. The number of rotatable bonds is 1. The number of aliphatic hydroxyl groups is 1. The highest BCUT2D eigenvalue weighted by molar-refractivity contribution is 5.36. The summed E-state index contributed by atoms with van der Waals surface area (Å²) in [6, 6.07) is 0. The molecule has 11 heavy (non-hydrogen) atoms. The molecule has 0 unspecified atom stereocenters. The average molecular weight is 149 g/mol. The molecule has 4 nitrogen and oxygen atoms in total. The number of aromatic nitrogens is 3. The third-order valence-electron chi connectivity index (χ3n) is 1.56. The SMILES string of the molecule is OCc1cnc2cnccn12. The van der Waals surface area contributed by atoms with Gasteiger partial charge in [0.1, 0.15) is 0 Å². The average Bonchev–Trinajstić information content (AvgIpc) is 2.47. The van der Waals surface area contributed by atoms with Gasteiger partial charge in [0.2, 0.25) is 0 Å². The predicted molar refractivity (Wildman–Crippen MR) is 38.9 cm³/mol. The standard InChI is InChI=1S/C7H7N3O/c11-5-6-3-9-7-4-8-1-2-10(6)7/h1-4,11H,5H2. The quantitative estimate of drug-likeness (QED) is 0.631. The first-order valence-electron chi connectivity index (χ1n) is 3.28. The van der Waals surface area contributed by atoms with Gasteiger partial charge in [0.05, 0.1) is 24.7 Å². The summed E-state index contributed by atoms with van der Waals surface area (Å²) in [4.78, 5) is 7.93. The van der Waals surface area contributed by atoms with Gasteiger partial charge in [-0.05, 0) is 0 Å². The fraction of sp³-hybridized carbons (Fsp3) is 0.143. The van der Waals surface area contributed by atoms with E-state index >= 15 is 0 Å². The zero-order valence-corrected chi connectivity index (χ0v) is 5.81. The van der Waals surface area contributed by atoms with Crippen LogP contribution in [0.15, 0.2) is 24.8 Å². The van der Waals surface area contributed by atoms with Crippen LogP contribution >= 0.6 is 0 Å². The van der Waals surface area contributed by atoms with Crippen molar-refractivity contribution in [3.8, 4) is 0 Å². The van der Waals surface area contributed by atoms with Crippen molar-refractivity contribution in [2.75, 3.05) is 0 Å². The molecular formula is C7H7N3O. The van der Waals surface area contributed by atoms with E-state index in [1.54, 1.807) is 29.2 Å². The molecule has 0 saturated heterocycles. The fourth-order valence-corrected chi connectivity index (χ4v) is 1.01. The topological polar surface area (TPSA) is 50.4 Å². The highest BCUT2D eigenvalue weighted by atomic mass is 16.3. The van der Waals surface area contributed by atoms with Crippen molar-refractivity contribution < 1.29 is 5.11 Å². The third kappa shape index (κ3) is 0.877. The minimum atomic E-state index is 0.00514.